The van der Waals surface area contributed by atoms with E-state index in [4.69, 9.17) is 13.3 Å². The fourth-order valence-electron chi connectivity index (χ4n) is 5.69. The standard InChI is InChI=1S/C20H46N2O3Si2/c1-18(2)27(19(3)4,20(5)6)22-15-13-21(14-16-22)12-10-11-17-26(23-7,24-8)25-9/h18-20H,10-17H2,1-9H3. The fraction of sp³-hybridized carbons (Fsp3) is 1.00. The predicted octanol–water partition coefficient (Wildman–Crippen LogP) is 4.44. The number of rotatable bonds is 12. The van der Waals surface area contributed by atoms with Gasteiger partial charge in [0.05, 0.1) is 0 Å². The summed E-state index contributed by atoms with van der Waals surface area (Å²) in [4.78, 5) is 2.65. The van der Waals surface area contributed by atoms with Gasteiger partial charge in [0.2, 0.25) is 0 Å². The first-order valence-electron chi connectivity index (χ1n) is 10.8. The lowest BCUT2D eigenvalue weighted by Crippen LogP contribution is -2.65. The van der Waals surface area contributed by atoms with Gasteiger partial charge in [-0.15, -0.1) is 0 Å². The molecule has 0 saturated carbocycles. The summed E-state index contributed by atoms with van der Waals surface area (Å²) >= 11 is 0. The van der Waals surface area contributed by atoms with Gasteiger partial charge in [-0.1, -0.05) is 41.5 Å². The molecule has 5 nitrogen and oxygen atoms in total. The summed E-state index contributed by atoms with van der Waals surface area (Å²) in [5.74, 6) is 0. The normalized spacial score (nSPS) is 18.2. The molecule has 0 unspecified atom stereocenters. The Balaban J connectivity index is 2.52. The molecule has 1 fully saturated rings. The largest absolute Gasteiger partial charge is 0.500 e. The van der Waals surface area contributed by atoms with Gasteiger partial charge in [0.25, 0.3) is 0 Å². The third-order valence-corrected chi connectivity index (χ3v) is 16.8. The predicted molar refractivity (Wildman–Crippen MR) is 120 cm³/mol. The summed E-state index contributed by atoms with van der Waals surface area (Å²) in [5.41, 5.74) is 2.41. The Morgan fingerprint density at radius 3 is 1.52 bits per heavy atom. The molecule has 0 bridgehead atoms. The maximum Gasteiger partial charge on any atom is 0.500 e. The Bertz CT molecular complexity index is 380. The number of piperazine rings is 1. The van der Waals surface area contributed by atoms with Crippen LogP contribution in [0, 0.1) is 0 Å². The molecule has 0 aromatic heterocycles. The van der Waals surface area contributed by atoms with Gasteiger partial charge < -0.3 is 22.7 Å². The van der Waals surface area contributed by atoms with Crippen LogP contribution in [0.1, 0.15) is 54.4 Å². The second kappa shape index (κ2) is 11.4. The molecule has 7 heteroatoms. The molecule has 0 radical (unpaired) electrons. The van der Waals surface area contributed by atoms with Gasteiger partial charge >= 0.3 is 8.80 Å². The van der Waals surface area contributed by atoms with Crippen molar-refractivity contribution in [3.05, 3.63) is 0 Å². The zero-order chi connectivity index (χ0) is 20.7. The number of hydrogen-bond acceptors (Lipinski definition) is 5. The number of hydrogen-bond donors (Lipinski definition) is 0. The molecule has 0 amide bonds. The Labute approximate surface area is 171 Å². The highest BCUT2D eigenvalue weighted by atomic mass is 28.4. The van der Waals surface area contributed by atoms with Gasteiger partial charge in [-0.3, -0.25) is 0 Å². The zero-order valence-electron chi connectivity index (χ0n) is 19.5. The van der Waals surface area contributed by atoms with E-state index in [0.29, 0.717) is 0 Å². The summed E-state index contributed by atoms with van der Waals surface area (Å²) in [7, 11) is 1.23. The second-order valence-corrected chi connectivity index (χ2v) is 17.9. The van der Waals surface area contributed by atoms with E-state index in [9.17, 15) is 0 Å². The van der Waals surface area contributed by atoms with Crippen molar-refractivity contribution in [2.45, 2.75) is 77.1 Å². The van der Waals surface area contributed by atoms with E-state index in [-0.39, 0.29) is 0 Å². The molecule has 1 aliphatic rings. The van der Waals surface area contributed by atoms with Crippen molar-refractivity contribution >= 4 is 17.0 Å². The molecule has 0 aromatic carbocycles. The summed E-state index contributed by atoms with van der Waals surface area (Å²) in [6, 6.07) is 0.903. The quantitative estimate of drug-likeness (QED) is 0.346. The molecule has 1 saturated heterocycles. The molecule has 1 rings (SSSR count). The molecular formula is C20H46N2O3Si2. The average molecular weight is 419 g/mol. The van der Waals surface area contributed by atoms with Crippen LogP contribution in [0.4, 0.5) is 0 Å². The van der Waals surface area contributed by atoms with Crippen molar-refractivity contribution in [3.8, 4) is 0 Å². The first-order chi connectivity index (χ1) is 12.7. The molecule has 27 heavy (non-hydrogen) atoms. The van der Waals surface area contributed by atoms with E-state index in [2.05, 4.69) is 51.0 Å². The van der Waals surface area contributed by atoms with Crippen molar-refractivity contribution in [2.75, 3.05) is 54.1 Å². The Hall–Kier alpha value is 0.234. The second-order valence-electron chi connectivity index (χ2n) is 8.93. The van der Waals surface area contributed by atoms with Crippen LogP contribution in [0.3, 0.4) is 0 Å². The van der Waals surface area contributed by atoms with E-state index in [1.54, 1.807) is 21.3 Å². The van der Waals surface area contributed by atoms with Gasteiger partial charge in [-0.25, -0.2) is 0 Å². The van der Waals surface area contributed by atoms with Gasteiger partial charge in [0.1, 0.15) is 8.24 Å². The van der Waals surface area contributed by atoms with E-state index in [1.165, 1.54) is 39.1 Å². The first-order valence-corrected chi connectivity index (χ1v) is 14.9. The summed E-state index contributed by atoms with van der Waals surface area (Å²) in [6.07, 6.45) is 2.29. The number of nitrogens with zero attached hydrogens (tertiary/aromatic N) is 2. The first kappa shape index (κ1) is 25.3. The molecule has 0 N–H and O–H groups in total. The van der Waals surface area contributed by atoms with Crippen molar-refractivity contribution in [1.29, 1.82) is 0 Å². The number of unbranched alkanes of at least 4 members (excludes halogenated alkanes) is 1. The summed E-state index contributed by atoms with van der Waals surface area (Å²) in [6.45, 7) is 20.9. The lowest BCUT2D eigenvalue weighted by molar-refractivity contribution is 0.121. The van der Waals surface area contributed by atoms with Crippen molar-refractivity contribution in [3.63, 3.8) is 0 Å². The minimum Gasteiger partial charge on any atom is -0.377 e. The minimum atomic E-state index is -2.40. The van der Waals surface area contributed by atoms with Crippen LogP contribution < -0.4 is 0 Å². The molecule has 162 valence electrons. The van der Waals surface area contributed by atoms with Crippen molar-refractivity contribution in [2.24, 2.45) is 0 Å². The summed E-state index contributed by atoms with van der Waals surface area (Å²) in [5, 5.41) is 0. The maximum absolute atomic E-state index is 5.53. The van der Waals surface area contributed by atoms with Gasteiger partial charge in [0, 0.05) is 53.6 Å². The molecule has 0 aromatic rings. The molecule has 1 heterocycles. The molecule has 1 aliphatic heterocycles. The van der Waals surface area contributed by atoms with Crippen LogP contribution in [-0.2, 0) is 13.3 Å². The zero-order valence-corrected chi connectivity index (χ0v) is 21.5. The van der Waals surface area contributed by atoms with Crippen LogP contribution in [0.15, 0.2) is 0 Å². The smallest absolute Gasteiger partial charge is 0.377 e. The van der Waals surface area contributed by atoms with Crippen LogP contribution in [0.5, 0.6) is 0 Å². The van der Waals surface area contributed by atoms with E-state index in [1.807, 2.05) is 0 Å². The SMILES string of the molecule is CO[Si](CCCCN1CCN([Si](C(C)C)(C(C)C)C(C)C)CC1)(OC)OC. The van der Waals surface area contributed by atoms with Crippen molar-refractivity contribution in [1.82, 2.24) is 9.47 Å². The minimum absolute atomic E-state index is 0.805. The van der Waals surface area contributed by atoms with Crippen LogP contribution in [0.2, 0.25) is 22.7 Å². The third-order valence-electron chi connectivity index (χ3n) is 6.83. The van der Waals surface area contributed by atoms with E-state index < -0.39 is 17.0 Å². The monoisotopic (exact) mass is 418 g/mol. The lowest BCUT2D eigenvalue weighted by atomic mass is 10.3. The Kier molecular flexibility index (Phi) is 10.7. The van der Waals surface area contributed by atoms with Crippen LogP contribution >= 0.6 is 0 Å². The summed E-state index contributed by atoms with van der Waals surface area (Å²) < 4.78 is 19.5. The molecule has 0 atom stereocenters. The molecular weight excluding hydrogens is 372 g/mol. The Morgan fingerprint density at radius 2 is 1.15 bits per heavy atom. The lowest BCUT2D eigenvalue weighted by Gasteiger charge is -2.53. The molecule has 0 aliphatic carbocycles. The highest BCUT2D eigenvalue weighted by Gasteiger charge is 2.48. The molecule has 0 spiro atoms. The van der Waals surface area contributed by atoms with Crippen LogP contribution in [-0.4, -0.2) is 80.6 Å². The van der Waals surface area contributed by atoms with E-state index >= 15 is 0 Å². The average Bonchev–Trinajstić information content (AvgIpc) is 2.63. The third kappa shape index (κ3) is 5.87. The van der Waals surface area contributed by atoms with Crippen molar-refractivity contribution < 1.29 is 13.3 Å². The van der Waals surface area contributed by atoms with Gasteiger partial charge in [0.15, 0.2) is 0 Å². The Morgan fingerprint density at radius 1 is 0.704 bits per heavy atom. The van der Waals surface area contributed by atoms with Gasteiger partial charge in [-0.2, -0.15) is 0 Å². The topological polar surface area (TPSA) is 34.2 Å². The maximum atomic E-state index is 5.53. The van der Waals surface area contributed by atoms with E-state index in [0.717, 1.165) is 29.1 Å². The van der Waals surface area contributed by atoms with Crippen LogP contribution in [0.25, 0.3) is 0 Å². The fourth-order valence-corrected chi connectivity index (χ4v) is 14.6. The highest BCUT2D eigenvalue weighted by Crippen LogP contribution is 2.44. The highest BCUT2D eigenvalue weighted by molar-refractivity contribution is 6.81. The van der Waals surface area contributed by atoms with Gasteiger partial charge in [-0.05, 0) is 36.0 Å².